The molecule has 6 rings (SSSR count). The first-order valence-electron chi connectivity index (χ1n) is 17.8. The molecular weight excluding hydrogens is 802 g/mol. The van der Waals surface area contributed by atoms with Crippen LogP contribution in [0, 0.1) is 5.92 Å². The second-order valence-corrected chi connectivity index (χ2v) is 32.2. The van der Waals surface area contributed by atoms with E-state index in [2.05, 4.69) is 173 Å². The number of hydrogen-bond donors (Lipinski definition) is 0. The molecule has 1 atom stereocenters. The van der Waals surface area contributed by atoms with Crippen LogP contribution in [0.2, 0.25) is 29.7 Å². The molecule has 0 N–H and O–H groups in total. The summed E-state index contributed by atoms with van der Waals surface area (Å²) in [4.78, 5) is 0. The summed E-state index contributed by atoms with van der Waals surface area (Å²) in [5.74, 6) is 0.361. The molecular formula is C45H52Cl4SiZr. The first-order valence-corrected chi connectivity index (χ1v) is 27.5. The van der Waals surface area contributed by atoms with Crippen molar-refractivity contribution in [3.8, 4) is 11.1 Å². The number of benzene rings is 4. The minimum atomic E-state index is -3.99. The van der Waals surface area contributed by atoms with E-state index in [1.807, 2.05) is 0 Å². The molecule has 268 valence electrons. The molecule has 0 heterocycles. The first-order chi connectivity index (χ1) is 22.8. The maximum atomic E-state index is 6.50. The molecule has 0 saturated heterocycles. The van der Waals surface area contributed by atoms with E-state index < -0.39 is 27.4 Å². The van der Waals surface area contributed by atoms with Crippen LogP contribution in [0.15, 0.2) is 105 Å². The Morgan fingerprint density at radius 2 is 1.02 bits per heavy atom. The van der Waals surface area contributed by atoms with E-state index in [0.717, 1.165) is 10.0 Å². The van der Waals surface area contributed by atoms with Gasteiger partial charge in [-0.2, -0.15) is 0 Å². The predicted molar refractivity (Wildman–Crippen MR) is 218 cm³/mol. The van der Waals surface area contributed by atoms with Gasteiger partial charge in [-0.05, 0) is 0 Å². The van der Waals surface area contributed by atoms with Crippen LogP contribution in [-0.2, 0) is 30.1 Å². The van der Waals surface area contributed by atoms with E-state index in [1.165, 1.54) is 44.5 Å². The maximum absolute atomic E-state index is 6.50. The normalized spacial score (nSPS) is 15.5. The largest absolute Gasteiger partial charge is 1.00 e. The number of halogens is 4. The molecule has 0 aliphatic heterocycles. The minimum Gasteiger partial charge on any atom is -1.00 e. The van der Waals surface area contributed by atoms with E-state index >= 15 is 0 Å². The molecule has 0 bridgehead atoms. The molecule has 0 nitrogen and oxygen atoms in total. The van der Waals surface area contributed by atoms with Gasteiger partial charge in [0, 0.05) is 0 Å². The Balaban J connectivity index is 0.00000292. The summed E-state index contributed by atoms with van der Waals surface area (Å²) >= 11 is 9.02. The molecule has 0 radical (unpaired) electrons. The molecule has 0 amide bonds. The summed E-state index contributed by atoms with van der Waals surface area (Å²) in [6.07, 6.45) is 2.64. The molecule has 0 spiro atoms. The second kappa shape index (κ2) is 15.2. The van der Waals surface area contributed by atoms with Gasteiger partial charge in [0.05, 0.1) is 0 Å². The van der Waals surface area contributed by atoms with Gasteiger partial charge in [0.25, 0.3) is 0 Å². The van der Waals surface area contributed by atoms with E-state index in [0.29, 0.717) is 5.92 Å². The van der Waals surface area contributed by atoms with Gasteiger partial charge in [0.1, 0.15) is 0 Å². The summed E-state index contributed by atoms with van der Waals surface area (Å²) in [5, 5.41) is 3.16. The fraction of sp³-hybridized carbons (Fsp3) is 0.333. The fourth-order valence-corrected chi connectivity index (χ4v) is 25.0. The van der Waals surface area contributed by atoms with Crippen LogP contribution in [-0.4, -0.2) is 15.5 Å². The van der Waals surface area contributed by atoms with E-state index in [4.69, 9.17) is 23.2 Å². The third-order valence-electron chi connectivity index (χ3n) is 10.7. The standard InChI is InChI=1S/C21H25.C10H17Si.2C7H5Cl.2ClH.Zr/c1-20(2,3)16-9-7-14-11-15-8-10-17(21(4,5)6)13-19(15)18(14)12-16;1-8-6-9(2)10(7-8)11(3,4)5;2*1-6-2-4-7(8)5-3-6;;;/h7-13H,1-6H3;7-8H,1-5H3;2*1-5H;2*1H;/q;;;;;;+2/p-2. The van der Waals surface area contributed by atoms with Crippen LogP contribution < -0.4 is 24.8 Å². The Morgan fingerprint density at radius 3 is 1.35 bits per heavy atom. The summed E-state index contributed by atoms with van der Waals surface area (Å²) in [7, 11) is -1.61. The third kappa shape index (κ3) is 8.23. The fourth-order valence-electron chi connectivity index (χ4n) is 8.36. The smallest absolute Gasteiger partial charge is 1.00 e. The SMILES string of the molecule is CC1=[C]([Zr+2](=[CH]c2ccc(Cl)cc2)(=[CH]c2ccc(Cl)cc2)[CH]2c3ccc(C(C)(C)C)cc3-c3cc(C(C)(C)C)ccc32)C(C)C=C1[Si](C)(C)C.[Cl-].[Cl-]. The summed E-state index contributed by atoms with van der Waals surface area (Å²) in [6, 6.07) is 32.0. The molecule has 0 aromatic heterocycles. The van der Waals surface area contributed by atoms with Crippen molar-refractivity contribution in [3.63, 3.8) is 0 Å². The molecule has 0 saturated carbocycles. The van der Waals surface area contributed by atoms with Crippen molar-refractivity contribution >= 4 is 38.7 Å². The summed E-state index contributed by atoms with van der Waals surface area (Å²) < 4.78 is 7.47. The Labute approximate surface area is 335 Å². The van der Waals surface area contributed by atoms with Crippen molar-refractivity contribution in [3.05, 3.63) is 148 Å². The van der Waals surface area contributed by atoms with Gasteiger partial charge in [-0.1, -0.05) is 0 Å². The van der Waals surface area contributed by atoms with Gasteiger partial charge in [0.2, 0.25) is 0 Å². The Kier molecular flexibility index (Phi) is 12.6. The molecule has 0 fully saturated rings. The molecule has 2 aliphatic carbocycles. The number of allylic oxidation sites excluding steroid dienone is 4. The number of fused-ring (bicyclic) bond motifs is 3. The Hall–Kier alpha value is -1.64. The monoisotopic (exact) mass is 850 g/mol. The molecule has 51 heavy (non-hydrogen) atoms. The average Bonchev–Trinajstić information content (AvgIpc) is 3.51. The van der Waals surface area contributed by atoms with E-state index in [9.17, 15) is 0 Å². The zero-order chi connectivity index (χ0) is 35.7. The summed E-state index contributed by atoms with van der Waals surface area (Å²) in [5.41, 5.74) is 12.7. The van der Waals surface area contributed by atoms with Crippen molar-refractivity contribution in [2.24, 2.45) is 5.92 Å². The molecule has 2 aliphatic rings. The Bertz CT molecular complexity index is 2000. The molecule has 1 unspecified atom stereocenters. The van der Waals surface area contributed by atoms with E-state index in [1.54, 1.807) is 14.1 Å². The van der Waals surface area contributed by atoms with Crippen molar-refractivity contribution < 1.29 is 44.1 Å². The van der Waals surface area contributed by atoms with Gasteiger partial charge >= 0.3 is 313 Å². The van der Waals surface area contributed by atoms with E-state index in [-0.39, 0.29) is 39.3 Å². The molecule has 4 aromatic rings. The van der Waals surface area contributed by atoms with Crippen molar-refractivity contribution in [1.29, 1.82) is 0 Å². The first kappa shape index (κ1) is 42.1. The van der Waals surface area contributed by atoms with Crippen LogP contribution in [0.4, 0.5) is 0 Å². The van der Waals surface area contributed by atoms with Crippen molar-refractivity contribution in [1.82, 2.24) is 0 Å². The van der Waals surface area contributed by atoms with Crippen molar-refractivity contribution in [2.45, 2.75) is 89.5 Å². The molecule has 6 heteroatoms. The van der Waals surface area contributed by atoms with Crippen LogP contribution in [0.25, 0.3) is 11.1 Å². The van der Waals surface area contributed by atoms with Gasteiger partial charge in [-0.3, -0.25) is 0 Å². The minimum absolute atomic E-state index is 0. The topological polar surface area (TPSA) is 0 Å². The number of hydrogen-bond acceptors (Lipinski definition) is 0. The zero-order valence-electron chi connectivity index (χ0n) is 32.0. The second-order valence-electron chi connectivity index (χ2n) is 17.5. The van der Waals surface area contributed by atoms with Crippen molar-refractivity contribution in [2.75, 3.05) is 0 Å². The predicted octanol–water partition coefficient (Wildman–Crippen LogP) is 7.25. The third-order valence-corrected chi connectivity index (χ3v) is 25.6. The van der Waals surface area contributed by atoms with Gasteiger partial charge in [-0.25, -0.2) is 0 Å². The number of rotatable bonds is 5. The zero-order valence-corrected chi connectivity index (χ0v) is 38.5. The van der Waals surface area contributed by atoms with Crippen LogP contribution >= 0.6 is 23.2 Å². The van der Waals surface area contributed by atoms with Crippen LogP contribution in [0.1, 0.15) is 92.4 Å². The van der Waals surface area contributed by atoms with Gasteiger partial charge in [-0.15, -0.1) is 0 Å². The average molecular weight is 854 g/mol. The van der Waals surface area contributed by atoms with Gasteiger partial charge < -0.3 is 24.8 Å². The van der Waals surface area contributed by atoms with Crippen LogP contribution in [0.5, 0.6) is 0 Å². The maximum Gasteiger partial charge on any atom is -1.00 e. The quantitative estimate of drug-likeness (QED) is 0.186. The van der Waals surface area contributed by atoms with Crippen LogP contribution in [0.3, 0.4) is 0 Å². The molecule has 4 aromatic carbocycles. The summed E-state index contributed by atoms with van der Waals surface area (Å²) in [6.45, 7) is 26.4. The van der Waals surface area contributed by atoms with Gasteiger partial charge in [0.15, 0.2) is 0 Å². The Morgan fingerprint density at radius 1 is 0.627 bits per heavy atom.